The molecule has 1 saturated heterocycles. The third kappa shape index (κ3) is 3.24. The summed E-state index contributed by atoms with van der Waals surface area (Å²) in [6.07, 6.45) is 0. The number of hydrogen-bond donors (Lipinski definition) is 1. The van der Waals surface area contributed by atoms with Gasteiger partial charge in [-0.15, -0.1) is 11.3 Å². The molecule has 7 rings (SSSR count). The molecule has 1 fully saturated rings. The van der Waals surface area contributed by atoms with E-state index in [0.717, 1.165) is 63.4 Å². The van der Waals surface area contributed by atoms with Crippen LogP contribution in [-0.2, 0) is 0 Å². The largest absolute Gasteiger partial charge is 0.368 e. The van der Waals surface area contributed by atoms with Gasteiger partial charge in [-0.25, -0.2) is 9.88 Å². The van der Waals surface area contributed by atoms with Crippen molar-refractivity contribution in [3.63, 3.8) is 0 Å². The van der Waals surface area contributed by atoms with Gasteiger partial charge in [-0.2, -0.15) is 0 Å². The molecule has 176 valence electrons. The van der Waals surface area contributed by atoms with Crippen molar-refractivity contribution in [2.45, 2.75) is 0 Å². The number of rotatable bonds is 3. The number of nitrogens with one attached hydrogen (secondary N) is 1. The highest BCUT2D eigenvalue weighted by atomic mass is 32.1. The zero-order valence-corrected chi connectivity index (χ0v) is 20.2. The Morgan fingerprint density at radius 2 is 1.53 bits per heavy atom. The molecule has 2 amide bonds. The fraction of sp³-hybridized carbons (Fsp3) is 0.138. The Balaban J connectivity index is 1.27. The summed E-state index contributed by atoms with van der Waals surface area (Å²) in [6, 6.07) is 25.2. The molecule has 0 spiro atoms. The number of anilines is 2. The van der Waals surface area contributed by atoms with Crippen LogP contribution in [0.4, 0.5) is 11.4 Å². The minimum absolute atomic E-state index is 0.289. The smallest absolute Gasteiger partial charge is 0.265 e. The molecule has 4 aromatic carbocycles. The van der Waals surface area contributed by atoms with E-state index in [1.54, 1.807) is 11.3 Å². The number of amides is 2. The molecule has 6 nitrogen and oxygen atoms in total. The average molecular weight is 491 g/mol. The van der Waals surface area contributed by atoms with E-state index in [2.05, 4.69) is 16.3 Å². The summed E-state index contributed by atoms with van der Waals surface area (Å²) in [5.41, 5.74) is 4.69. The van der Waals surface area contributed by atoms with E-state index in [0.29, 0.717) is 16.8 Å². The maximum atomic E-state index is 13.6. The summed E-state index contributed by atoms with van der Waals surface area (Å²) in [7, 11) is 0. The first-order valence-corrected chi connectivity index (χ1v) is 12.9. The molecular formula is C29H22N4O2S. The van der Waals surface area contributed by atoms with Crippen molar-refractivity contribution in [3.8, 4) is 10.6 Å². The number of thiazole rings is 1. The number of fused-ring (bicyclic) bond motifs is 1. The minimum atomic E-state index is -0.289. The van der Waals surface area contributed by atoms with Crippen LogP contribution in [0, 0.1) is 0 Å². The number of aromatic nitrogens is 1. The first kappa shape index (κ1) is 21.2. The number of imide groups is 1. The Morgan fingerprint density at radius 3 is 2.31 bits per heavy atom. The molecule has 3 heterocycles. The number of benzene rings is 4. The topological polar surface area (TPSA) is 65.5 Å². The summed E-state index contributed by atoms with van der Waals surface area (Å²) >= 11 is 1.63. The standard InChI is InChI=1S/C29H22N4O2S/c34-28-21-5-3-4-20-24(32-16-14-30-15-17-32)13-12-22(26(20)21)29(35)33(28)19-10-8-18(9-11-19)27-31-23-6-1-2-7-25(23)36-27/h1-13,30H,14-17H2. The second-order valence-electron chi connectivity index (χ2n) is 9.08. The highest BCUT2D eigenvalue weighted by Crippen LogP contribution is 2.38. The summed E-state index contributed by atoms with van der Waals surface area (Å²) in [5.74, 6) is -0.577. The molecule has 1 N–H and O–H groups in total. The first-order valence-electron chi connectivity index (χ1n) is 12.1. The number of para-hydroxylation sites is 1. The minimum Gasteiger partial charge on any atom is -0.368 e. The van der Waals surface area contributed by atoms with Gasteiger partial charge >= 0.3 is 0 Å². The van der Waals surface area contributed by atoms with Crippen molar-refractivity contribution in [1.82, 2.24) is 10.3 Å². The van der Waals surface area contributed by atoms with Crippen LogP contribution in [0.5, 0.6) is 0 Å². The molecule has 0 unspecified atom stereocenters. The number of hydrogen-bond acceptors (Lipinski definition) is 6. The Morgan fingerprint density at radius 1 is 0.778 bits per heavy atom. The van der Waals surface area contributed by atoms with Crippen LogP contribution in [0.3, 0.4) is 0 Å². The normalized spacial score (nSPS) is 15.8. The van der Waals surface area contributed by atoms with Crippen LogP contribution in [0.15, 0.2) is 78.9 Å². The lowest BCUT2D eigenvalue weighted by molar-refractivity contribution is 0.0893. The van der Waals surface area contributed by atoms with Gasteiger partial charge in [-0.05, 0) is 54.6 Å². The average Bonchev–Trinajstić information content (AvgIpc) is 3.37. The maximum Gasteiger partial charge on any atom is 0.265 e. The number of carbonyl (C=O) groups is 2. The number of nitrogens with zero attached hydrogens (tertiary/aromatic N) is 3. The van der Waals surface area contributed by atoms with Crippen LogP contribution >= 0.6 is 11.3 Å². The first-order chi connectivity index (χ1) is 17.7. The van der Waals surface area contributed by atoms with Crippen LogP contribution in [0.25, 0.3) is 31.6 Å². The lowest BCUT2D eigenvalue weighted by Gasteiger charge is -2.32. The van der Waals surface area contributed by atoms with Crippen LogP contribution in [0.2, 0.25) is 0 Å². The second kappa shape index (κ2) is 8.26. The second-order valence-corrected chi connectivity index (χ2v) is 10.1. The third-order valence-electron chi connectivity index (χ3n) is 7.01. The van der Waals surface area contributed by atoms with Gasteiger partial charge in [0.2, 0.25) is 0 Å². The lowest BCUT2D eigenvalue weighted by atomic mass is 9.92. The maximum absolute atomic E-state index is 13.6. The Labute approximate surface area is 211 Å². The van der Waals surface area contributed by atoms with Crippen molar-refractivity contribution >= 4 is 55.5 Å². The van der Waals surface area contributed by atoms with E-state index in [4.69, 9.17) is 4.98 Å². The Bertz CT molecular complexity index is 1610. The van der Waals surface area contributed by atoms with E-state index < -0.39 is 0 Å². The highest BCUT2D eigenvalue weighted by Gasteiger charge is 2.35. The SMILES string of the molecule is O=C1c2cccc3c(N4CCNCC4)ccc(c23)C(=O)N1c1ccc(-c2nc3ccccc3s2)cc1. The molecular weight excluding hydrogens is 468 g/mol. The molecule has 0 atom stereocenters. The van der Waals surface area contributed by atoms with Gasteiger partial charge in [0.05, 0.1) is 15.9 Å². The van der Waals surface area contributed by atoms with Gasteiger partial charge in [0.15, 0.2) is 0 Å². The Hall–Kier alpha value is -4.07. The summed E-state index contributed by atoms with van der Waals surface area (Å²) < 4.78 is 1.13. The van der Waals surface area contributed by atoms with E-state index in [-0.39, 0.29) is 11.8 Å². The molecule has 0 saturated carbocycles. The summed E-state index contributed by atoms with van der Waals surface area (Å²) in [4.78, 5) is 35.6. The van der Waals surface area contributed by atoms with Crippen molar-refractivity contribution < 1.29 is 9.59 Å². The van der Waals surface area contributed by atoms with E-state index in [9.17, 15) is 9.59 Å². The van der Waals surface area contributed by atoms with E-state index >= 15 is 0 Å². The predicted octanol–water partition coefficient (Wildman–Crippen LogP) is 5.33. The monoisotopic (exact) mass is 490 g/mol. The third-order valence-corrected chi connectivity index (χ3v) is 8.09. The van der Waals surface area contributed by atoms with Gasteiger partial charge in [0, 0.05) is 59.3 Å². The van der Waals surface area contributed by atoms with E-state index in [1.807, 2.05) is 72.8 Å². The summed E-state index contributed by atoms with van der Waals surface area (Å²) in [6.45, 7) is 3.63. The van der Waals surface area contributed by atoms with Crippen molar-refractivity contribution in [2.75, 3.05) is 36.0 Å². The van der Waals surface area contributed by atoms with Gasteiger partial charge < -0.3 is 10.2 Å². The Kier molecular flexibility index (Phi) is 4.87. The fourth-order valence-electron chi connectivity index (χ4n) is 5.25. The molecule has 5 aromatic rings. The summed E-state index contributed by atoms with van der Waals surface area (Å²) in [5, 5.41) is 6.00. The molecule has 0 bridgehead atoms. The number of piperazine rings is 1. The highest BCUT2D eigenvalue weighted by molar-refractivity contribution is 7.21. The van der Waals surface area contributed by atoms with Crippen molar-refractivity contribution in [2.24, 2.45) is 0 Å². The molecule has 0 radical (unpaired) electrons. The molecule has 0 aliphatic carbocycles. The lowest BCUT2D eigenvalue weighted by Crippen LogP contribution is -2.44. The molecule has 7 heteroatoms. The molecule has 2 aliphatic rings. The van der Waals surface area contributed by atoms with Gasteiger partial charge in [0.1, 0.15) is 5.01 Å². The van der Waals surface area contributed by atoms with Crippen LogP contribution in [0.1, 0.15) is 20.7 Å². The fourth-order valence-corrected chi connectivity index (χ4v) is 6.22. The van der Waals surface area contributed by atoms with Crippen LogP contribution in [-0.4, -0.2) is 43.0 Å². The number of carbonyl (C=O) groups excluding carboxylic acids is 2. The molecule has 1 aromatic heterocycles. The molecule has 36 heavy (non-hydrogen) atoms. The van der Waals surface area contributed by atoms with E-state index in [1.165, 1.54) is 4.90 Å². The predicted molar refractivity (Wildman–Crippen MR) is 145 cm³/mol. The zero-order chi connectivity index (χ0) is 24.2. The quantitative estimate of drug-likeness (QED) is 0.347. The van der Waals surface area contributed by atoms with Gasteiger partial charge in [-0.3, -0.25) is 9.59 Å². The van der Waals surface area contributed by atoms with Gasteiger partial charge in [0.25, 0.3) is 11.8 Å². The van der Waals surface area contributed by atoms with Gasteiger partial charge in [-0.1, -0.05) is 24.3 Å². The van der Waals surface area contributed by atoms with Crippen LogP contribution < -0.4 is 15.1 Å². The molecule has 2 aliphatic heterocycles. The van der Waals surface area contributed by atoms with Crippen molar-refractivity contribution in [1.29, 1.82) is 0 Å². The zero-order valence-electron chi connectivity index (χ0n) is 19.4. The van der Waals surface area contributed by atoms with Crippen molar-refractivity contribution in [3.05, 3.63) is 90.0 Å².